The Morgan fingerprint density at radius 2 is 2.00 bits per heavy atom. The summed E-state index contributed by atoms with van der Waals surface area (Å²) >= 11 is 0. The molecule has 6 nitrogen and oxygen atoms in total. The van der Waals surface area contributed by atoms with Crippen molar-refractivity contribution in [1.82, 2.24) is 19.7 Å². The van der Waals surface area contributed by atoms with Crippen LogP contribution in [-0.4, -0.2) is 30.4 Å². The molecule has 2 aromatic heterocycles. The van der Waals surface area contributed by atoms with Crippen molar-refractivity contribution in [2.45, 2.75) is 46.3 Å². The summed E-state index contributed by atoms with van der Waals surface area (Å²) in [5.41, 5.74) is 1.33. The molecule has 6 heteroatoms. The molecule has 0 aliphatic heterocycles. The number of aliphatic hydroxyl groups excluding tert-OH is 1. The summed E-state index contributed by atoms with van der Waals surface area (Å²) < 4.78 is 1.61. The molecule has 0 spiro atoms. The van der Waals surface area contributed by atoms with Crippen molar-refractivity contribution in [3.63, 3.8) is 0 Å². The molecule has 2 heterocycles. The highest BCUT2D eigenvalue weighted by molar-refractivity contribution is 5.41. The second-order valence-corrected chi connectivity index (χ2v) is 5.93. The van der Waals surface area contributed by atoms with Crippen molar-refractivity contribution in [1.29, 1.82) is 0 Å². The topological polar surface area (TPSA) is 75.9 Å². The van der Waals surface area contributed by atoms with E-state index in [1.807, 2.05) is 13.0 Å². The summed E-state index contributed by atoms with van der Waals surface area (Å²) in [6.45, 7) is 9.74. The lowest BCUT2D eigenvalue weighted by molar-refractivity contribution is 0.194. The van der Waals surface area contributed by atoms with Crippen LogP contribution in [0.25, 0.3) is 5.95 Å². The van der Waals surface area contributed by atoms with Gasteiger partial charge < -0.3 is 10.4 Å². The number of rotatable bonds is 3. The fourth-order valence-electron chi connectivity index (χ4n) is 1.74. The third kappa shape index (κ3) is 3.54. The fraction of sp³-hybridized carbons (Fsp3) is 0.500. The third-order valence-electron chi connectivity index (χ3n) is 2.59. The average Bonchev–Trinajstić information content (AvgIpc) is 2.73. The van der Waals surface area contributed by atoms with E-state index in [9.17, 15) is 5.11 Å². The van der Waals surface area contributed by atoms with Crippen LogP contribution in [0.3, 0.4) is 0 Å². The van der Waals surface area contributed by atoms with E-state index in [-0.39, 0.29) is 5.54 Å². The lowest BCUT2D eigenvalue weighted by atomic mass is 10.1. The Morgan fingerprint density at radius 3 is 2.50 bits per heavy atom. The van der Waals surface area contributed by atoms with Crippen LogP contribution in [0.2, 0.25) is 0 Å². The molecule has 0 saturated carbocycles. The van der Waals surface area contributed by atoms with E-state index >= 15 is 0 Å². The molecule has 0 amide bonds. The average molecular weight is 275 g/mol. The molecule has 0 aliphatic rings. The van der Waals surface area contributed by atoms with Crippen LogP contribution in [0.5, 0.6) is 0 Å². The first-order valence-electron chi connectivity index (χ1n) is 6.62. The summed E-state index contributed by atoms with van der Waals surface area (Å²) in [5.74, 6) is 1.12. The van der Waals surface area contributed by atoms with Gasteiger partial charge in [0.25, 0.3) is 5.95 Å². The van der Waals surface area contributed by atoms with Gasteiger partial charge in [0.2, 0.25) is 0 Å². The molecule has 20 heavy (non-hydrogen) atoms. The zero-order chi connectivity index (χ0) is 14.9. The third-order valence-corrected chi connectivity index (χ3v) is 2.59. The van der Waals surface area contributed by atoms with Crippen molar-refractivity contribution in [3.8, 4) is 5.95 Å². The minimum atomic E-state index is -0.658. The van der Waals surface area contributed by atoms with Crippen LogP contribution < -0.4 is 5.32 Å². The number of nitrogens with zero attached hydrogens (tertiary/aromatic N) is 4. The van der Waals surface area contributed by atoms with Gasteiger partial charge in [0.1, 0.15) is 5.82 Å². The molecule has 0 aromatic carbocycles. The molecular formula is C14H21N5O. The fourth-order valence-corrected chi connectivity index (χ4v) is 1.74. The van der Waals surface area contributed by atoms with E-state index < -0.39 is 6.10 Å². The summed E-state index contributed by atoms with van der Waals surface area (Å²) in [6, 6.07) is 3.64. The SMILES string of the molecule is Cc1ccn(-c2nc(NC(C)(C)C)cc(C(C)O)n2)n1. The highest BCUT2D eigenvalue weighted by Crippen LogP contribution is 2.18. The van der Waals surface area contributed by atoms with Crippen LogP contribution in [0.4, 0.5) is 5.82 Å². The summed E-state index contributed by atoms with van der Waals surface area (Å²) in [4.78, 5) is 8.80. The Morgan fingerprint density at radius 1 is 1.30 bits per heavy atom. The second-order valence-electron chi connectivity index (χ2n) is 5.93. The summed E-state index contributed by atoms with van der Waals surface area (Å²) in [7, 11) is 0. The predicted molar refractivity (Wildman–Crippen MR) is 77.9 cm³/mol. The van der Waals surface area contributed by atoms with Crippen molar-refractivity contribution >= 4 is 5.82 Å². The maximum absolute atomic E-state index is 9.78. The number of aromatic nitrogens is 4. The van der Waals surface area contributed by atoms with E-state index in [1.165, 1.54) is 0 Å². The van der Waals surface area contributed by atoms with Crippen LogP contribution >= 0.6 is 0 Å². The molecule has 2 N–H and O–H groups in total. The monoisotopic (exact) mass is 275 g/mol. The van der Waals surface area contributed by atoms with Gasteiger partial charge in [-0.25, -0.2) is 9.67 Å². The molecule has 108 valence electrons. The van der Waals surface area contributed by atoms with Crippen molar-refractivity contribution < 1.29 is 5.11 Å². The summed E-state index contributed by atoms with van der Waals surface area (Å²) in [5, 5.41) is 17.4. The van der Waals surface area contributed by atoms with Gasteiger partial charge in [0, 0.05) is 17.8 Å². The van der Waals surface area contributed by atoms with Gasteiger partial charge in [-0.05, 0) is 40.7 Å². The number of hydrogen-bond donors (Lipinski definition) is 2. The highest BCUT2D eigenvalue weighted by atomic mass is 16.3. The lowest BCUT2D eigenvalue weighted by Crippen LogP contribution is -2.27. The van der Waals surface area contributed by atoms with Crippen LogP contribution in [0.15, 0.2) is 18.3 Å². The zero-order valence-electron chi connectivity index (χ0n) is 12.5. The highest BCUT2D eigenvalue weighted by Gasteiger charge is 2.15. The van der Waals surface area contributed by atoms with E-state index in [0.29, 0.717) is 17.5 Å². The van der Waals surface area contributed by atoms with Gasteiger partial charge in [0.15, 0.2) is 0 Å². The molecular weight excluding hydrogens is 254 g/mol. The van der Waals surface area contributed by atoms with Crippen molar-refractivity contribution in [3.05, 3.63) is 29.7 Å². The minimum absolute atomic E-state index is 0.123. The Labute approximate surface area is 118 Å². The first kappa shape index (κ1) is 14.5. The van der Waals surface area contributed by atoms with Crippen LogP contribution in [0, 0.1) is 6.92 Å². The van der Waals surface area contributed by atoms with E-state index in [2.05, 4.69) is 41.2 Å². The smallest absolute Gasteiger partial charge is 0.252 e. The number of nitrogens with one attached hydrogen (secondary N) is 1. The molecule has 2 aromatic rings. The first-order valence-corrected chi connectivity index (χ1v) is 6.62. The molecule has 0 radical (unpaired) electrons. The second kappa shape index (κ2) is 5.20. The molecule has 0 bridgehead atoms. The first-order chi connectivity index (χ1) is 9.24. The minimum Gasteiger partial charge on any atom is -0.387 e. The van der Waals surface area contributed by atoms with Gasteiger partial charge in [-0.15, -0.1) is 0 Å². The molecule has 0 fully saturated rings. The normalized spacial score (nSPS) is 13.3. The summed E-state index contributed by atoms with van der Waals surface area (Å²) in [6.07, 6.45) is 1.14. The van der Waals surface area contributed by atoms with Crippen LogP contribution in [-0.2, 0) is 0 Å². The van der Waals surface area contributed by atoms with E-state index in [4.69, 9.17) is 0 Å². The maximum Gasteiger partial charge on any atom is 0.252 e. The van der Waals surface area contributed by atoms with Gasteiger partial charge in [-0.1, -0.05) is 0 Å². The molecule has 1 unspecified atom stereocenters. The Bertz CT molecular complexity index is 598. The Balaban J connectivity index is 2.46. The standard InChI is InChI=1S/C14H21N5O/c1-9-6-7-19(18-9)13-15-11(10(2)20)8-12(16-13)17-14(3,4)5/h6-8,10,20H,1-5H3,(H,15,16,17). The van der Waals surface area contributed by atoms with E-state index in [0.717, 1.165) is 5.69 Å². The lowest BCUT2D eigenvalue weighted by Gasteiger charge is -2.22. The number of hydrogen-bond acceptors (Lipinski definition) is 5. The predicted octanol–water partition coefficient (Wildman–Crippen LogP) is 2.23. The van der Waals surface area contributed by atoms with Crippen molar-refractivity contribution in [2.24, 2.45) is 0 Å². The molecule has 2 rings (SSSR count). The van der Waals surface area contributed by atoms with Gasteiger partial charge >= 0.3 is 0 Å². The van der Waals surface area contributed by atoms with Crippen LogP contribution in [0.1, 0.15) is 45.2 Å². The van der Waals surface area contributed by atoms with Crippen molar-refractivity contribution in [2.75, 3.05) is 5.32 Å². The Kier molecular flexibility index (Phi) is 3.76. The largest absolute Gasteiger partial charge is 0.387 e. The number of aliphatic hydroxyl groups is 1. The Hall–Kier alpha value is -1.95. The molecule has 0 aliphatic carbocycles. The van der Waals surface area contributed by atoms with Gasteiger partial charge in [-0.2, -0.15) is 10.1 Å². The van der Waals surface area contributed by atoms with Gasteiger partial charge in [0.05, 0.1) is 17.5 Å². The quantitative estimate of drug-likeness (QED) is 0.898. The number of anilines is 1. The maximum atomic E-state index is 9.78. The zero-order valence-corrected chi connectivity index (χ0v) is 12.5. The van der Waals surface area contributed by atoms with E-state index in [1.54, 1.807) is 23.9 Å². The van der Waals surface area contributed by atoms with Gasteiger partial charge in [-0.3, -0.25) is 0 Å². The molecule has 0 saturated heterocycles. The number of aryl methyl sites for hydroxylation is 1. The molecule has 1 atom stereocenters.